The van der Waals surface area contributed by atoms with Gasteiger partial charge < -0.3 is 11.1 Å². The van der Waals surface area contributed by atoms with Crippen LogP contribution in [0.25, 0.3) is 0 Å². The standard InChI is InChI=1S/C10H19N5O2S/c1-3-15(18(2,16)17)8-4-7-12-10-6-5-9(11)13-14-10/h5-6H,3-4,7-8H2,1-2H3,(H2,11,13)(H,12,14). The predicted octanol–water partition coefficient (Wildman–Crippen LogP) is 0.142. The molecule has 1 aromatic heterocycles. The van der Waals surface area contributed by atoms with Gasteiger partial charge in [-0.05, 0) is 18.6 Å². The van der Waals surface area contributed by atoms with E-state index in [1.165, 1.54) is 10.6 Å². The number of nitrogens with one attached hydrogen (secondary N) is 1. The summed E-state index contributed by atoms with van der Waals surface area (Å²) in [5, 5.41) is 10.6. The Kier molecular flexibility index (Phi) is 5.29. The van der Waals surface area contributed by atoms with E-state index in [1.54, 1.807) is 12.1 Å². The molecule has 102 valence electrons. The van der Waals surface area contributed by atoms with Gasteiger partial charge in [-0.15, -0.1) is 10.2 Å². The fourth-order valence-electron chi connectivity index (χ4n) is 1.47. The van der Waals surface area contributed by atoms with Gasteiger partial charge in [-0.25, -0.2) is 12.7 Å². The summed E-state index contributed by atoms with van der Waals surface area (Å²) in [6, 6.07) is 3.39. The molecule has 1 aromatic rings. The first-order valence-corrected chi connectivity index (χ1v) is 7.56. The van der Waals surface area contributed by atoms with Crippen molar-refractivity contribution in [2.45, 2.75) is 13.3 Å². The van der Waals surface area contributed by atoms with E-state index in [9.17, 15) is 8.42 Å². The summed E-state index contributed by atoms with van der Waals surface area (Å²) >= 11 is 0. The number of sulfonamides is 1. The number of hydrogen-bond acceptors (Lipinski definition) is 6. The van der Waals surface area contributed by atoms with Gasteiger partial charge in [0.05, 0.1) is 6.26 Å². The molecule has 3 N–H and O–H groups in total. The van der Waals surface area contributed by atoms with E-state index in [0.29, 0.717) is 37.7 Å². The van der Waals surface area contributed by atoms with Crippen LogP contribution < -0.4 is 11.1 Å². The van der Waals surface area contributed by atoms with Gasteiger partial charge in [-0.3, -0.25) is 0 Å². The number of rotatable bonds is 7. The van der Waals surface area contributed by atoms with Crippen LogP contribution in [0.2, 0.25) is 0 Å². The highest BCUT2D eigenvalue weighted by Crippen LogP contribution is 2.03. The van der Waals surface area contributed by atoms with Crippen LogP contribution in [0.5, 0.6) is 0 Å². The first-order valence-electron chi connectivity index (χ1n) is 5.71. The molecule has 1 rings (SSSR count). The molecule has 0 bridgehead atoms. The monoisotopic (exact) mass is 273 g/mol. The summed E-state index contributed by atoms with van der Waals surface area (Å²) in [5.41, 5.74) is 5.41. The van der Waals surface area contributed by atoms with Gasteiger partial charge in [0, 0.05) is 19.6 Å². The summed E-state index contributed by atoms with van der Waals surface area (Å²) in [6.45, 7) is 3.43. The van der Waals surface area contributed by atoms with Crippen LogP contribution in [0.3, 0.4) is 0 Å². The Labute approximate surface area is 107 Å². The lowest BCUT2D eigenvalue weighted by Crippen LogP contribution is -2.31. The van der Waals surface area contributed by atoms with Crippen molar-refractivity contribution in [1.82, 2.24) is 14.5 Å². The molecule has 1 heterocycles. The minimum Gasteiger partial charge on any atom is -0.382 e. The molecule has 0 atom stereocenters. The van der Waals surface area contributed by atoms with E-state index in [2.05, 4.69) is 15.5 Å². The fraction of sp³-hybridized carbons (Fsp3) is 0.600. The molecule has 7 nitrogen and oxygen atoms in total. The molecule has 0 spiro atoms. The molecule has 0 aliphatic carbocycles. The zero-order valence-corrected chi connectivity index (χ0v) is 11.4. The Hall–Kier alpha value is -1.41. The van der Waals surface area contributed by atoms with Gasteiger partial charge in [0.2, 0.25) is 10.0 Å². The lowest BCUT2D eigenvalue weighted by Gasteiger charge is -2.17. The maximum absolute atomic E-state index is 11.3. The molecule has 0 aliphatic heterocycles. The predicted molar refractivity (Wildman–Crippen MR) is 71.6 cm³/mol. The average molecular weight is 273 g/mol. The quantitative estimate of drug-likeness (QED) is 0.685. The largest absolute Gasteiger partial charge is 0.382 e. The van der Waals surface area contributed by atoms with Gasteiger partial charge in [0.25, 0.3) is 0 Å². The molecule has 0 aliphatic rings. The summed E-state index contributed by atoms with van der Waals surface area (Å²) in [4.78, 5) is 0. The average Bonchev–Trinajstić information content (AvgIpc) is 2.30. The van der Waals surface area contributed by atoms with E-state index in [4.69, 9.17) is 5.73 Å². The Morgan fingerprint density at radius 3 is 2.61 bits per heavy atom. The van der Waals surface area contributed by atoms with E-state index >= 15 is 0 Å². The second kappa shape index (κ2) is 6.50. The van der Waals surface area contributed by atoms with Gasteiger partial charge >= 0.3 is 0 Å². The second-order valence-corrected chi connectivity index (χ2v) is 5.86. The third kappa shape index (κ3) is 4.84. The SMILES string of the molecule is CCN(CCCNc1ccc(N)nn1)S(C)(=O)=O. The summed E-state index contributed by atoms with van der Waals surface area (Å²) in [5.74, 6) is 1.00. The third-order valence-electron chi connectivity index (χ3n) is 2.40. The van der Waals surface area contributed by atoms with Crippen molar-refractivity contribution in [2.24, 2.45) is 0 Å². The molecule has 0 saturated carbocycles. The summed E-state index contributed by atoms with van der Waals surface area (Å²) < 4.78 is 24.1. The van der Waals surface area contributed by atoms with E-state index < -0.39 is 10.0 Å². The molecule has 0 fully saturated rings. The lowest BCUT2D eigenvalue weighted by atomic mass is 10.4. The zero-order chi connectivity index (χ0) is 13.6. The Balaban J connectivity index is 2.32. The lowest BCUT2D eigenvalue weighted by molar-refractivity contribution is 0.428. The Bertz CT molecular complexity index is 460. The first kappa shape index (κ1) is 14.7. The van der Waals surface area contributed by atoms with Crippen molar-refractivity contribution in [3.8, 4) is 0 Å². The van der Waals surface area contributed by atoms with Crippen LogP contribution in [0.15, 0.2) is 12.1 Å². The molecule has 0 amide bonds. The molecule has 0 unspecified atom stereocenters. The number of nitrogens with zero attached hydrogens (tertiary/aromatic N) is 3. The highest BCUT2D eigenvalue weighted by atomic mass is 32.2. The van der Waals surface area contributed by atoms with Gasteiger partial charge in [-0.2, -0.15) is 0 Å². The van der Waals surface area contributed by atoms with Crippen molar-refractivity contribution in [3.63, 3.8) is 0 Å². The Morgan fingerprint density at radius 1 is 1.39 bits per heavy atom. The molecular formula is C10H19N5O2S. The van der Waals surface area contributed by atoms with Gasteiger partial charge in [0.1, 0.15) is 11.6 Å². The molecular weight excluding hydrogens is 254 g/mol. The van der Waals surface area contributed by atoms with Crippen molar-refractivity contribution in [2.75, 3.05) is 36.9 Å². The topological polar surface area (TPSA) is 101 Å². The highest BCUT2D eigenvalue weighted by molar-refractivity contribution is 7.88. The van der Waals surface area contributed by atoms with Crippen LogP contribution in [-0.2, 0) is 10.0 Å². The summed E-state index contributed by atoms with van der Waals surface area (Å²) in [7, 11) is -3.10. The van der Waals surface area contributed by atoms with Crippen LogP contribution >= 0.6 is 0 Å². The molecule has 0 saturated heterocycles. The summed E-state index contributed by atoms with van der Waals surface area (Å²) in [6.07, 6.45) is 1.92. The number of hydrogen-bond donors (Lipinski definition) is 2. The number of nitrogen functional groups attached to an aromatic ring is 1. The highest BCUT2D eigenvalue weighted by Gasteiger charge is 2.12. The maximum Gasteiger partial charge on any atom is 0.211 e. The van der Waals surface area contributed by atoms with Gasteiger partial charge in [-0.1, -0.05) is 6.92 Å². The fourth-order valence-corrected chi connectivity index (χ4v) is 2.40. The smallest absolute Gasteiger partial charge is 0.211 e. The molecule has 8 heteroatoms. The molecule has 0 radical (unpaired) electrons. The number of anilines is 2. The van der Waals surface area contributed by atoms with E-state index in [1.807, 2.05) is 6.92 Å². The molecule has 0 aromatic carbocycles. The van der Waals surface area contributed by atoms with Crippen molar-refractivity contribution in [1.29, 1.82) is 0 Å². The van der Waals surface area contributed by atoms with E-state index in [0.717, 1.165) is 0 Å². The number of nitrogens with two attached hydrogens (primary N) is 1. The van der Waals surface area contributed by atoms with Crippen LogP contribution in [-0.4, -0.2) is 48.8 Å². The van der Waals surface area contributed by atoms with Crippen molar-refractivity contribution >= 4 is 21.7 Å². The van der Waals surface area contributed by atoms with Crippen molar-refractivity contribution in [3.05, 3.63) is 12.1 Å². The Morgan fingerprint density at radius 2 is 2.11 bits per heavy atom. The number of aromatic nitrogens is 2. The third-order valence-corrected chi connectivity index (χ3v) is 3.78. The maximum atomic E-state index is 11.3. The normalized spacial score (nSPS) is 11.7. The van der Waals surface area contributed by atoms with Crippen molar-refractivity contribution < 1.29 is 8.42 Å². The second-order valence-electron chi connectivity index (χ2n) is 3.88. The minimum atomic E-state index is -3.10. The van der Waals surface area contributed by atoms with Crippen LogP contribution in [0, 0.1) is 0 Å². The first-order chi connectivity index (χ1) is 8.43. The molecule has 18 heavy (non-hydrogen) atoms. The minimum absolute atomic E-state index is 0.370. The van der Waals surface area contributed by atoms with E-state index in [-0.39, 0.29) is 0 Å². The van der Waals surface area contributed by atoms with Crippen LogP contribution in [0.1, 0.15) is 13.3 Å². The zero-order valence-electron chi connectivity index (χ0n) is 10.6. The van der Waals surface area contributed by atoms with Crippen LogP contribution in [0.4, 0.5) is 11.6 Å². The van der Waals surface area contributed by atoms with Gasteiger partial charge in [0.15, 0.2) is 0 Å².